The molecule has 0 amide bonds. The zero-order valence-corrected chi connectivity index (χ0v) is 62.5. The zero-order chi connectivity index (χ0) is 66.1. The van der Waals surface area contributed by atoms with Crippen LogP contribution in [0, 0.1) is 55.4 Å². The molecular formula is C66H90Br2Cl2Cu2N16O6. The number of ether oxygens (including phenoxy) is 6. The van der Waals surface area contributed by atoms with Crippen molar-refractivity contribution in [3.8, 4) is 45.0 Å². The summed E-state index contributed by atoms with van der Waals surface area (Å²) in [5.41, 5.74) is 22.3. The van der Waals surface area contributed by atoms with Gasteiger partial charge in [-0.25, -0.2) is 28.3 Å². The van der Waals surface area contributed by atoms with Gasteiger partial charge in [0.1, 0.15) is 71.7 Å². The summed E-state index contributed by atoms with van der Waals surface area (Å²) in [7, 11) is 3.79. The van der Waals surface area contributed by atoms with Gasteiger partial charge >= 0.3 is 56.6 Å². The molecular weight excluding hydrogens is 1470 g/mol. The van der Waals surface area contributed by atoms with Crippen molar-refractivity contribution in [3.63, 3.8) is 0 Å². The van der Waals surface area contributed by atoms with Gasteiger partial charge in [0.25, 0.3) is 0 Å². The maximum absolute atomic E-state index is 5.75. The number of hydrogen-bond donors (Lipinski definition) is 0. The molecule has 10 rings (SSSR count). The second-order valence-corrected chi connectivity index (χ2v) is 22.8. The molecule has 0 radical (unpaired) electrons. The van der Waals surface area contributed by atoms with Gasteiger partial charge < -0.3 is 53.2 Å². The van der Waals surface area contributed by atoms with Crippen LogP contribution in [0.5, 0.6) is 0 Å². The van der Waals surface area contributed by atoms with E-state index < -0.39 is 0 Å². The quantitative estimate of drug-likeness (QED) is 0.0334. The van der Waals surface area contributed by atoms with Crippen molar-refractivity contribution >= 4 is 63.6 Å². The summed E-state index contributed by atoms with van der Waals surface area (Å²) < 4.78 is 45.2. The van der Waals surface area contributed by atoms with E-state index >= 15 is 0 Å². The number of aryl methyl sites for hydroxylation is 10. The van der Waals surface area contributed by atoms with Crippen molar-refractivity contribution in [2.45, 2.75) is 95.2 Å². The zero-order valence-electron chi connectivity index (χ0n) is 55.9. The monoisotopic (exact) mass is 1560 g/mol. The van der Waals surface area contributed by atoms with Crippen LogP contribution in [0.15, 0.2) is 73.3 Å². The summed E-state index contributed by atoms with van der Waals surface area (Å²) in [6, 6.07) is 17.7. The second-order valence-electron chi connectivity index (χ2n) is 22.8. The van der Waals surface area contributed by atoms with E-state index in [-0.39, 0.29) is 24.8 Å². The van der Waals surface area contributed by atoms with Crippen molar-refractivity contribution < 1.29 is 90.8 Å². The maximum atomic E-state index is 5.75. The van der Waals surface area contributed by atoms with Gasteiger partial charge in [0.2, 0.25) is 12.7 Å². The van der Waals surface area contributed by atoms with E-state index in [2.05, 4.69) is 247 Å². The van der Waals surface area contributed by atoms with Gasteiger partial charge in [-0.05, 0) is 149 Å². The summed E-state index contributed by atoms with van der Waals surface area (Å²) in [5.74, 6) is 0. The van der Waals surface area contributed by atoms with Gasteiger partial charge in [-0.3, -0.25) is 9.36 Å². The van der Waals surface area contributed by atoms with Crippen LogP contribution in [0.1, 0.15) is 71.2 Å². The molecule has 520 valence electrons. The Kier molecular flexibility index (Phi) is 34.7. The third-order valence-corrected chi connectivity index (χ3v) is 15.3. The summed E-state index contributed by atoms with van der Waals surface area (Å²) >= 11 is 13.0. The van der Waals surface area contributed by atoms with Crippen LogP contribution in [-0.2, 0) is 84.0 Å². The van der Waals surface area contributed by atoms with Crippen LogP contribution in [0.4, 0.5) is 22.7 Å². The van der Waals surface area contributed by atoms with Crippen molar-refractivity contribution in [1.82, 2.24) is 60.0 Å². The molecule has 2 aliphatic rings. The Morgan fingerprint density at radius 1 is 0.404 bits per heavy atom. The molecule has 0 bridgehead atoms. The van der Waals surface area contributed by atoms with Crippen molar-refractivity contribution in [2.75, 3.05) is 115 Å². The third-order valence-electron chi connectivity index (χ3n) is 15.3. The van der Waals surface area contributed by atoms with Crippen LogP contribution < -0.4 is 34.6 Å². The Morgan fingerprint density at radius 2 is 0.755 bits per heavy atom. The number of nitrogens with zero attached hydrogens (tertiary/aromatic N) is 16. The number of aromatic nitrogens is 12. The van der Waals surface area contributed by atoms with E-state index in [4.69, 9.17) is 28.4 Å². The summed E-state index contributed by atoms with van der Waals surface area (Å²) in [6.45, 7) is 33.5. The van der Waals surface area contributed by atoms with E-state index in [1.807, 2.05) is 48.2 Å². The number of hydrogen-bond acceptors (Lipinski definition) is 16. The van der Waals surface area contributed by atoms with E-state index in [1.54, 1.807) is 9.36 Å². The van der Waals surface area contributed by atoms with Gasteiger partial charge in [0.15, 0.2) is 0 Å². The molecule has 0 N–H and O–H groups in total. The Morgan fingerprint density at radius 3 is 1.23 bits per heavy atom. The van der Waals surface area contributed by atoms with E-state index in [1.165, 1.54) is 55.9 Å². The number of anilines is 2. The van der Waals surface area contributed by atoms with Gasteiger partial charge in [0, 0.05) is 38.4 Å². The Balaban J connectivity index is 0.000000317. The molecule has 0 saturated heterocycles. The molecule has 8 aromatic rings. The van der Waals surface area contributed by atoms with Crippen LogP contribution in [0.2, 0.25) is 0 Å². The molecule has 2 aliphatic heterocycles. The first-order chi connectivity index (χ1) is 44.7. The van der Waals surface area contributed by atoms with Gasteiger partial charge in [0.05, 0.1) is 115 Å². The first kappa shape index (κ1) is 79.4. The molecule has 0 fully saturated rings. The van der Waals surface area contributed by atoms with Crippen LogP contribution in [-0.4, -0.2) is 187 Å². The standard InChI is InChI=1S/2C33H45N8O3.2BrH.2ClH.2Cu/c1-7-11-42-13-15-44-16-14-43-12-10-41-22-31(35-37-41)29-19-26(4)33(27(5)20-29)40-9-8-39(23-40)32-24(2)17-28(18-25(32)3)30-21-38(6)36-34-30;1-7-11-42-13-15-44-16-14-43-12-10-41-22-31(35-37-41)29-20-25(3)18-27(5)33(29)40-9-8-39(23-40)32-26(4)17-24(2)19-28(32)30-21-38(6)36-34-30;;;;;;/h2*17-23H,7-16H2,1-6H3;4*1H;;/q2*+1;;;;;2*+1/p-4. The average molecular weight is 1560 g/mol. The Bertz CT molecular complexity index is 3650. The second kappa shape index (κ2) is 41.1. The fourth-order valence-corrected chi connectivity index (χ4v) is 11.6. The Labute approximate surface area is 597 Å². The van der Waals surface area contributed by atoms with Crippen molar-refractivity contribution in [2.24, 2.45) is 14.1 Å². The van der Waals surface area contributed by atoms with E-state index in [0.29, 0.717) is 79.2 Å². The summed E-state index contributed by atoms with van der Waals surface area (Å²) in [4.78, 5) is 4.69. The topological polar surface area (TPSA) is 191 Å². The average Bonchev–Trinajstić information content (AvgIpc) is 1.57. The van der Waals surface area contributed by atoms with E-state index in [0.717, 1.165) is 109 Å². The van der Waals surface area contributed by atoms with Crippen molar-refractivity contribution in [1.29, 1.82) is 0 Å². The molecule has 94 heavy (non-hydrogen) atoms. The minimum absolute atomic E-state index is 0. The van der Waals surface area contributed by atoms with Crippen LogP contribution in [0.3, 0.4) is 0 Å². The normalized spacial score (nSPS) is 12.5. The molecule has 0 atom stereocenters. The third kappa shape index (κ3) is 22.4. The molecule has 0 spiro atoms. The fourth-order valence-electron chi connectivity index (χ4n) is 11.6. The number of benzene rings is 4. The summed E-state index contributed by atoms with van der Waals surface area (Å²) in [5, 5.41) is 34.7. The van der Waals surface area contributed by atoms with E-state index in [9.17, 15) is 0 Å². The predicted molar refractivity (Wildman–Crippen MR) is 361 cm³/mol. The molecule has 0 saturated carbocycles. The van der Waals surface area contributed by atoms with Gasteiger partial charge in [-0.1, -0.05) is 46.8 Å². The minimum atomic E-state index is 0. The molecule has 22 nitrogen and oxygen atoms in total. The number of rotatable bonds is 30. The van der Waals surface area contributed by atoms with Crippen molar-refractivity contribution in [3.05, 3.63) is 118 Å². The molecule has 4 aromatic carbocycles. The first-order valence-electron chi connectivity index (χ1n) is 31.1. The van der Waals surface area contributed by atoms with Gasteiger partial charge in [-0.15, -0.1) is 20.4 Å². The first-order valence-corrected chi connectivity index (χ1v) is 35.8. The molecule has 0 unspecified atom stereocenters. The van der Waals surface area contributed by atoms with Crippen LogP contribution >= 0.6 is 28.2 Å². The fraction of sp³-hybridized carbons (Fsp3) is 0.485. The van der Waals surface area contributed by atoms with Gasteiger partial charge in [-0.2, -0.15) is 0 Å². The molecule has 6 heterocycles. The molecule has 28 heteroatoms. The van der Waals surface area contributed by atoms with Crippen LogP contribution in [0.25, 0.3) is 45.0 Å². The predicted octanol–water partition coefficient (Wildman–Crippen LogP) is 4.95. The summed E-state index contributed by atoms with van der Waals surface area (Å²) in [6.07, 6.45) is 14.4. The molecule has 4 aromatic heterocycles. The SMILES string of the molecule is CCCOCCOCCOCCn1cc(-c2cc(C)c([N+]3=CN(c4c(C)cc(-c5cn(C)nn5)cc4C)CC3)c(C)c2)nn1.CCCOCCOCCOCCn1cc(-c2cc(C)cc(C)c2[N+]2=CN(c3c(C)cc(C)cc3-c3cn(C)nn3)CC2)nn1.[Cl-].[Cl-].[Cu][Br].[Cu][Br]. The molecule has 0 aliphatic carbocycles. The number of halogens is 4. The Hall–Kier alpha value is -5.28.